The van der Waals surface area contributed by atoms with Crippen LogP contribution in [0.1, 0.15) is 12.0 Å². The number of anilines is 1. The Morgan fingerprint density at radius 2 is 2.31 bits per heavy atom. The highest BCUT2D eigenvalue weighted by Gasteiger charge is 2.14. The third-order valence-corrected chi connectivity index (χ3v) is 2.81. The summed E-state index contributed by atoms with van der Waals surface area (Å²) in [6, 6.07) is 6.05. The molecule has 1 unspecified atom stereocenters. The van der Waals surface area contributed by atoms with Crippen molar-refractivity contribution >= 4 is 21.6 Å². The molecule has 0 fully saturated rings. The molecule has 0 aliphatic carbocycles. The van der Waals surface area contributed by atoms with Gasteiger partial charge in [0.15, 0.2) is 0 Å². The molecule has 1 aromatic carbocycles. The molecule has 0 aromatic heterocycles. The van der Waals surface area contributed by atoms with Crippen LogP contribution in [0.4, 0.5) is 10.1 Å². The van der Waals surface area contributed by atoms with Gasteiger partial charge in [0.1, 0.15) is 6.17 Å². The van der Waals surface area contributed by atoms with Gasteiger partial charge in [-0.25, -0.2) is 4.39 Å². The van der Waals surface area contributed by atoms with Gasteiger partial charge < -0.3 is 5.32 Å². The lowest BCUT2D eigenvalue weighted by Gasteiger charge is -2.07. The molecule has 0 amide bonds. The van der Waals surface area contributed by atoms with Crippen LogP contribution in [0.25, 0.3) is 0 Å². The van der Waals surface area contributed by atoms with Crippen LogP contribution in [-0.4, -0.2) is 12.7 Å². The van der Waals surface area contributed by atoms with E-state index >= 15 is 0 Å². The zero-order valence-electron chi connectivity index (χ0n) is 7.19. The van der Waals surface area contributed by atoms with Gasteiger partial charge in [0.25, 0.3) is 0 Å². The van der Waals surface area contributed by atoms with Crippen molar-refractivity contribution in [3.63, 3.8) is 0 Å². The average molecular weight is 244 g/mol. The van der Waals surface area contributed by atoms with Gasteiger partial charge >= 0.3 is 0 Å². The van der Waals surface area contributed by atoms with Crippen molar-refractivity contribution < 1.29 is 4.39 Å². The first-order chi connectivity index (χ1) is 6.25. The topological polar surface area (TPSA) is 12.0 Å². The van der Waals surface area contributed by atoms with Gasteiger partial charge in [-0.15, -0.1) is 0 Å². The Bertz CT molecular complexity index is 314. The van der Waals surface area contributed by atoms with Crippen LogP contribution in [0.2, 0.25) is 0 Å². The molecule has 1 nitrogen and oxygen atoms in total. The van der Waals surface area contributed by atoms with Crippen LogP contribution < -0.4 is 5.32 Å². The summed E-state index contributed by atoms with van der Waals surface area (Å²) in [4.78, 5) is 0. The standard InChI is InChI=1S/C10H11BrFN/c11-8-3-1-7-2-4-9(12)6-13-10(7)5-8/h1,3,5,9,13H,2,4,6H2. The maximum atomic E-state index is 13.0. The van der Waals surface area contributed by atoms with Crippen LogP contribution in [0.15, 0.2) is 22.7 Å². The summed E-state index contributed by atoms with van der Waals surface area (Å²) in [5.41, 5.74) is 2.28. The molecular weight excluding hydrogens is 233 g/mol. The van der Waals surface area contributed by atoms with Gasteiger partial charge in [-0.3, -0.25) is 0 Å². The van der Waals surface area contributed by atoms with Crippen LogP contribution >= 0.6 is 15.9 Å². The Labute approximate surface area is 85.5 Å². The van der Waals surface area contributed by atoms with E-state index in [9.17, 15) is 4.39 Å². The fraction of sp³-hybridized carbons (Fsp3) is 0.400. The molecule has 13 heavy (non-hydrogen) atoms. The fourth-order valence-corrected chi connectivity index (χ4v) is 1.93. The zero-order chi connectivity index (χ0) is 9.26. The normalized spacial score (nSPS) is 21.5. The molecule has 0 saturated heterocycles. The maximum Gasteiger partial charge on any atom is 0.118 e. The molecule has 0 bridgehead atoms. The van der Waals surface area contributed by atoms with Gasteiger partial charge in [0.05, 0.1) is 0 Å². The lowest BCUT2D eigenvalue weighted by molar-refractivity contribution is 0.333. The quantitative estimate of drug-likeness (QED) is 0.739. The first-order valence-corrected chi connectivity index (χ1v) is 5.21. The minimum atomic E-state index is -0.717. The summed E-state index contributed by atoms with van der Waals surface area (Å²) < 4.78 is 14.1. The first kappa shape index (κ1) is 9.00. The molecule has 1 heterocycles. The zero-order valence-corrected chi connectivity index (χ0v) is 8.77. The minimum Gasteiger partial charge on any atom is -0.382 e. The molecule has 1 aliphatic rings. The van der Waals surface area contributed by atoms with E-state index in [-0.39, 0.29) is 0 Å². The second-order valence-electron chi connectivity index (χ2n) is 3.32. The average Bonchev–Trinajstić information content (AvgIpc) is 2.29. The van der Waals surface area contributed by atoms with Gasteiger partial charge in [-0.1, -0.05) is 22.0 Å². The van der Waals surface area contributed by atoms with Crippen LogP contribution in [0, 0.1) is 0 Å². The second kappa shape index (κ2) is 3.66. The molecule has 1 N–H and O–H groups in total. The summed E-state index contributed by atoms with van der Waals surface area (Å²) in [6.07, 6.45) is 0.740. The Hall–Kier alpha value is -0.570. The summed E-state index contributed by atoms with van der Waals surface area (Å²) in [6.45, 7) is 0.434. The highest BCUT2D eigenvalue weighted by atomic mass is 79.9. The number of fused-ring (bicyclic) bond motifs is 1. The summed E-state index contributed by atoms with van der Waals surface area (Å²) in [5, 5.41) is 3.11. The predicted molar refractivity (Wildman–Crippen MR) is 55.8 cm³/mol. The van der Waals surface area contributed by atoms with Crippen LogP contribution in [-0.2, 0) is 6.42 Å². The Balaban J connectivity index is 2.30. The Morgan fingerprint density at radius 3 is 3.15 bits per heavy atom. The van der Waals surface area contributed by atoms with E-state index in [1.54, 1.807) is 0 Å². The van der Waals surface area contributed by atoms with Crippen molar-refractivity contribution in [1.29, 1.82) is 0 Å². The molecule has 3 heteroatoms. The first-order valence-electron chi connectivity index (χ1n) is 4.42. The van der Waals surface area contributed by atoms with Gasteiger partial charge in [-0.05, 0) is 30.5 Å². The Kier molecular flexibility index (Phi) is 2.54. The lowest BCUT2D eigenvalue weighted by Crippen LogP contribution is -2.12. The van der Waals surface area contributed by atoms with E-state index in [1.807, 2.05) is 18.2 Å². The third kappa shape index (κ3) is 2.02. The monoisotopic (exact) mass is 243 g/mol. The van der Waals surface area contributed by atoms with Gasteiger partial charge in [0.2, 0.25) is 0 Å². The van der Waals surface area contributed by atoms with Crippen molar-refractivity contribution in [1.82, 2.24) is 0 Å². The highest BCUT2D eigenvalue weighted by molar-refractivity contribution is 9.10. The molecule has 1 aromatic rings. The van der Waals surface area contributed by atoms with Gasteiger partial charge in [-0.2, -0.15) is 0 Å². The molecular formula is C10H11BrFN. The van der Waals surface area contributed by atoms with E-state index in [0.29, 0.717) is 13.0 Å². The van der Waals surface area contributed by atoms with Crippen LogP contribution in [0.5, 0.6) is 0 Å². The summed E-state index contributed by atoms with van der Waals surface area (Å²) in [7, 11) is 0. The van der Waals surface area contributed by atoms with Gasteiger partial charge in [0, 0.05) is 16.7 Å². The molecule has 0 radical (unpaired) electrons. The van der Waals surface area contributed by atoms with Crippen molar-refractivity contribution in [3.8, 4) is 0 Å². The highest BCUT2D eigenvalue weighted by Crippen LogP contribution is 2.25. The molecule has 2 rings (SSSR count). The fourth-order valence-electron chi connectivity index (χ4n) is 1.57. The number of aryl methyl sites for hydroxylation is 1. The van der Waals surface area contributed by atoms with Crippen molar-refractivity contribution in [2.45, 2.75) is 19.0 Å². The van der Waals surface area contributed by atoms with E-state index in [0.717, 1.165) is 16.6 Å². The maximum absolute atomic E-state index is 13.0. The van der Waals surface area contributed by atoms with Crippen molar-refractivity contribution in [2.75, 3.05) is 11.9 Å². The van der Waals surface area contributed by atoms with E-state index in [2.05, 4.69) is 21.2 Å². The predicted octanol–water partition coefficient (Wildman–Crippen LogP) is 3.15. The number of benzene rings is 1. The van der Waals surface area contributed by atoms with E-state index in [4.69, 9.17) is 0 Å². The number of hydrogen-bond acceptors (Lipinski definition) is 1. The molecule has 1 atom stereocenters. The number of halogens is 2. The van der Waals surface area contributed by atoms with Crippen LogP contribution in [0.3, 0.4) is 0 Å². The summed E-state index contributed by atoms with van der Waals surface area (Å²) >= 11 is 3.40. The molecule has 1 aliphatic heterocycles. The summed E-state index contributed by atoms with van der Waals surface area (Å²) in [5.74, 6) is 0. The van der Waals surface area contributed by atoms with Crippen molar-refractivity contribution in [3.05, 3.63) is 28.2 Å². The smallest absolute Gasteiger partial charge is 0.118 e. The SMILES string of the molecule is FC1CCc2ccc(Br)cc2NC1. The molecule has 0 saturated carbocycles. The van der Waals surface area contributed by atoms with Crippen molar-refractivity contribution in [2.24, 2.45) is 0 Å². The number of hydrogen-bond donors (Lipinski definition) is 1. The molecule has 70 valence electrons. The largest absolute Gasteiger partial charge is 0.382 e. The minimum absolute atomic E-state index is 0.434. The van der Waals surface area contributed by atoms with E-state index in [1.165, 1.54) is 5.56 Å². The number of rotatable bonds is 0. The Morgan fingerprint density at radius 1 is 1.46 bits per heavy atom. The van der Waals surface area contributed by atoms with E-state index < -0.39 is 6.17 Å². The third-order valence-electron chi connectivity index (χ3n) is 2.31. The molecule has 0 spiro atoms. The second-order valence-corrected chi connectivity index (χ2v) is 4.23. The number of nitrogens with one attached hydrogen (secondary N) is 1. The lowest BCUT2D eigenvalue weighted by atomic mass is 10.1. The number of alkyl halides is 1.